The van der Waals surface area contributed by atoms with Crippen LogP contribution < -0.4 is 11.1 Å². The quantitative estimate of drug-likeness (QED) is 0.514. The molecule has 1 atom stereocenters. The van der Waals surface area contributed by atoms with Crippen LogP contribution in [-0.4, -0.2) is 69.0 Å². The molecule has 208 valence electrons. The molecule has 3 N–H and O–H groups in total. The highest BCUT2D eigenvalue weighted by molar-refractivity contribution is 5.98. The van der Waals surface area contributed by atoms with Gasteiger partial charge in [0.25, 0.3) is 11.8 Å². The van der Waals surface area contributed by atoms with E-state index in [2.05, 4.69) is 27.4 Å². The molecular formula is C30H34N6O4. The number of amides is 3. The molecule has 0 radical (unpaired) electrons. The highest BCUT2D eigenvalue weighted by Crippen LogP contribution is 2.24. The summed E-state index contributed by atoms with van der Waals surface area (Å²) in [7, 11) is 0. The average molecular weight is 543 g/mol. The number of rotatable bonds is 4. The minimum atomic E-state index is -0.593. The van der Waals surface area contributed by atoms with E-state index in [1.54, 1.807) is 23.1 Å². The maximum atomic E-state index is 13.3. The van der Waals surface area contributed by atoms with Crippen molar-refractivity contribution in [1.82, 2.24) is 25.1 Å². The van der Waals surface area contributed by atoms with Gasteiger partial charge in [-0.25, -0.2) is 14.8 Å². The Morgan fingerprint density at radius 1 is 1.02 bits per heavy atom. The zero-order valence-corrected chi connectivity index (χ0v) is 23.0. The molecule has 3 heterocycles. The van der Waals surface area contributed by atoms with Gasteiger partial charge >= 0.3 is 6.09 Å². The highest BCUT2D eigenvalue weighted by Gasteiger charge is 2.31. The maximum Gasteiger partial charge on any atom is 0.410 e. The van der Waals surface area contributed by atoms with Crippen LogP contribution in [0.15, 0.2) is 54.7 Å². The van der Waals surface area contributed by atoms with Crippen LogP contribution in [0.25, 0.3) is 11.3 Å². The zero-order chi connectivity index (χ0) is 28.4. The summed E-state index contributed by atoms with van der Waals surface area (Å²) in [5, 5.41) is 2.91. The molecule has 0 unspecified atom stereocenters. The molecule has 1 saturated heterocycles. The third-order valence-electron chi connectivity index (χ3n) is 7.01. The largest absolute Gasteiger partial charge is 0.444 e. The fourth-order valence-electron chi connectivity index (χ4n) is 4.99. The molecule has 3 aromatic rings. The van der Waals surface area contributed by atoms with Crippen LogP contribution >= 0.6 is 0 Å². The monoisotopic (exact) mass is 542 g/mol. The SMILES string of the molecule is CC(C)(C)OC(=O)N1CC[C@H](NC(=O)c2nc(-c3cccc(C(=O)N4CCc5ccccc5C4)c3)cnc2N)C1. The molecule has 10 heteroatoms. The number of aromatic nitrogens is 2. The van der Waals surface area contributed by atoms with Gasteiger partial charge in [-0.05, 0) is 56.9 Å². The number of nitrogens with two attached hydrogens (primary N) is 1. The van der Waals surface area contributed by atoms with Crippen LogP contribution in [0.1, 0.15) is 59.2 Å². The summed E-state index contributed by atoms with van der Waals surface area (Å²) in [6, 6.07) is 15.1. The number of hydrogen-bond donors (Lipinski definition) is 2. The van der Waals surface area contributed by atoms with Crippen molar-refractivity contribution in [2.24, 2.45) is 0 Å². The van der Waals surface area contributed by atoms with Crippen LogP contribution in [0, 0.1) is 0 Å². The molecule has 3 amide bonds. The van der Waals surface area contributed by atoms with E-state index in [0.29, 0.717) is 49.4 Å². The predicted octanol–water partition coefficient (Wildman–Crippen LogP) is 3.66. The Hall–Kier alpha value is -4.47. The van der Waals surface area contributed by atoms with Gasteiger partial charge < -0.3 is 25.6 Å². The molecule has 0 spiro atoms. The summed E-state index contributed by atoms with van der Waals surface area (Å²) >= 11 is 0. The Kier molecular flexibility index (Phi) is 7.42. The smallest absolute Gasteiger partial charge is 0.410 e. The van der Waals surface area contributed by atoms with Crippen LogP contribution in [0.2, 0.25) is 0 Å². The number of nitrogens with zero attached hydrogens (tertiary/aromatic N) is 4. The van der Waals surface area contributed by atoms with Gasteiger partial charge in [0.2, 0.25) is 0 Å². The van der Waals surface area contributed by atoms with Crippen LogP contribution in [-0.2, 0) is 17.7 Å². The molecule has 0 aliphatic carbocycles. The first kappa shape index (κ1) is 27.1. The molecule has 0 saturated carbocycles. The number of likely N-dealkylation sites (tertiary alicyclic amines) is 1. The van der Waals surface area contributed by atoms with Crippen molar-refractivity contribution in [3.8, 4) is 11.3 Å². The van der Waals surface area contributed by atoms with Gasteiger partial charge in [-0.1, -0.05) is 36.4 Å². The standard InChI is InChI=1S/C30H34N6O4/c1-30(2,3)40-29(39)36-14-12-23(18-36)33-27(37)25-26(31)32-16-24(34-25)20-9-6-10-21(15-20)28(38)35-13-11-19-7-4-5-8-22(19)17-35/h4-10,15-16,23H,11-14,17-18H2,1-3H3,(H2,31,32)(H,33,37)/t23-/m0/s1. The van der Waals surface area contributed by atoms with E-state index < -0.39 is 17.6 Å². The summed E-state index contributed by atoms with van der Waals surface area (Å²) in [4.78, 5) is 50.9. The Balaban J connectivity index is 1.27. The Labute approximate surface area is 233 Å². The Morgan fingerprint density at radius 3 is 2.58 bits per heavy atom. The molecule has 1 fully saturated rings. The Morgan fingerprint density at radius 2 is 1.80 bits per heavy atom. The van der Waals surface area contributed by atoms with Crippen molar-refractivity contribution in [2.75, 3.05) is 25.4 Å². The lowest BCUT2D eigenvalue weighted by molar-refractivity contribution is 0.0289. The molecule has 2 aliphatic heterocycles. The van der Waals surface area contributed by atoms with Crippen molar-refractivity contribution in [3.05, 3.63) is 77.1 Å². The topological polar surface area (TPSA) is 131 Å². The lowest BCUT2D eigenvalue weighted by Gasteiger charge is -2.29. The molecular weight excluding hydrogens is 508 g/mol. The number of hydrogen-bond acceptors (Lipinski definition) is 7. The second kappa shape index (κ2) is 11.0. The second-order valence-electron chi connectivity index (χ2n) is 11.2. The molecule has 2 aromatic carbocycles. The van der Waals surface area contributed by atoms with Gasteiger partial charge in [0.05, 0.1) is 11.9 Å². The molecule has 2 aliphatic rings. The minimum Gasteiger partial charge on any atom is -0.444 e. The number of ether oxygens (including phenoxy) is 1. The van der Waals surface area contributed by atoms with Crippen LogP contribution in [0.5, 0.6) is 0 Å². The number of fused-ring (bicyclic) bond motifs is 1. The minimum absolute atomic E-state index is 0.00224. The summed E-state index contributed by atoms with van der Waals surface area (Å²) < 4.78 is 5.43. The second-order valence-corrected chi connectivity index (χ2v) is 11.2. The number of benzene rings is 2. The first-order valence-corrected chi connectivity index (χ1v) is 13.5. The normalized spacial score (nSPS) is 16.8. The fraction of sp³-hybridized carbons (Fsp3) is 0.367. The van der Waals surface area contributed by atoms with Crippen LogP contribution in [0.4, 0.5) is 10.6 Å². The van der Waals surface area contributed by atoms with E-state index >= 15 is 0 Å². The molecule has 40 heavy (non-hydrogen) atoms. The number of anilines is 1. The van der Waals surface area contributed by atoms with E-state index in [-0.39, 0.29) is 23.5 Å². The Bertz CT molecular complexity index is 1450. The third kappa shape index (κ3) is 6.06. The van der Waals surface area contributed by atoms with E-state index in [1.807, 2.05) is 43.9 Å². The van der Waals surface area contributed by atoms with Gasteiger partial charge in [0.15, 0.2) is 11.5 Å². The van der Waals surface area contributed by atoms with E-state index in [0.717, 1.165) is 12.0 Å². The number of carbonyl (C=O) groups excluding carboxylic acids is 3. The number of nitrogens with one attached hydrogen (secondary N) is 1. The fourth-order valence-corrected chi connectivity index (χ4v) is 4.99. The van der Waals surface area contributed by atoms with Gasteiger partial charge in [0, 0.05) is 43.3 Å². The van der Waals surface area contributed by atoms with Crippen molar-refractivity contribution in [1.29, 1.82) is 0 Å². The predicted molar refractivity (Wildman–Crippen MR) is 150 cm³/mol. The van der Waals surface area contributed by atoms with Crippen LogP contribution in [0.3, 0.4) is 0 Å². The maximum absolute atomic E-state index is 13.3. The number of nitrogen functional groups attached to an aromatic ring is 1. The molecule has 0 bridgehead atoms. The van der Waals surface area contributed by atoms with E-state index in [4.69, 9.17) is 10.5 Å². The summed E-state index contributed by atoms with van der Waals surface area (Å²) in [6.07, 6.45) is 2.49. The van der Waals surface area contributed by atoms with Crippen molar-refractivity contribution in [3.63, 3.8) is 0 Å². The van der Waals surface area contributed by atoms with Crippen molar-refractivity contribution < 1.29 is 19.1 Å². The third-order valence-corrected chi connectivity index (χ3v) is 7.01. The number of carbonyl (C=O) groups is 3. The summed E-state index contributed by atoms with van der Waals surface area (Å²) in [5.74, 6) is -0.530. The highest BCUT2D eigenvalue weighted by atomic mass is 16.6. The lowest BCUT2D eigenvalue weighted by Crippen LogP contribution is -2.40. The zero-order valence-electron chi connectivity index (χ0n) is 23.0. The molecule has 10 nitrogen and oxygen atoms in total. The van der Waals surface area contributed by atoms with E-state index in [1.165, 1.54) is 11.8 Å². The first-order chi connectivity index (χ1) is 19.1. The van der Waals surface area contributed by atoms with E-state index in [9.17, 15) is 14.4 Å². The summed E-state index contributed by atoms with van der Waals surface area (Å²) in [6.45, 7) is 7.47. The van der Waals surface area contributed by atoms with Gasteiger partial charge in [-0.3, -0.25) is 9.59 Å². The lowest BCUT2D eigenvalue weighted by atomic mass is 9.99. The van der Waals surface area contributed by atoms with Gasteiger partial charge in [-0.2, -0.15) is 0 Å². The van der Waals surface area contributed by atoms with Crippen molar-refractivity contribution >= 4 is 23.7 Å². The molecule has 1 aromatic heterocycles. The molecule has 5 rings (SSSR count). The average Bonchev–Trinajstić information content (AvgIpc) is 3.40. The van der Waals surface area contributed by atoms with Crippen molar-refractivity contribution in [2.45, 2.75) is 51.8 Å². The summed E-state index contributed by atoms with van der Waals surface area (Å²) in [5.41, 5.74) is 9.49. The van der Waals surface area contributed by atoms with Gasteiger partial charge in [0.1, 0.15) is 5.60 Å². The van der Waals surface area contributed by atoms with Gasteiger partial charge in [-0.15, -0.1) is 0 Å². The first-order valence-electron chi connectivity index (χ1n) is 13.5.